The highest BCUT2D eigenvalue weighted by Crippen LogP contribution is 2.27. The summed E-state index contributed by atoms with van der Waals surface area (Å²) in [6, 6.07) is 1.31. The van der Waals surface area contributed by atoms with Crippen molar-refractivity contribution in [1.82, 2.24) is 4.98 Å². The zero-order valence-electron chi connectivity index (χ0n) is 9.02. The quantitative estimate of drug-likeness (QED) is 0.832. The molecule has 0 aromatic carbocycles. The Balaban J connectivity index is 2.57. The third kappa shape index (κ3) is 2.40. The lowest BCUT2D eigenvalue weighted by Gasteiger charge is -2.05. The van der Waals surface area contributed by atoms with Crippen LogP contribution >= 0.6 is 11.6 Å². The predicted molar refractivity (Wildman–Crippen MR) is 66.0 cm³/mol. The summed E-state index contributed by atoms with van der Waals surface area (Å²) in [5, 5.41) is 8.97. The molecule has 0 radical (unpaired) electrons. The molecule has 0 fully saturated rings. The van der Waals surface area contributed by atoms with Gasteiger partial charge in [-0.1, -0.05) is 11.6 Å². The monoisotopic (exact) mass is 263 g/mol. The van der Waals surface area contributed by atoms with Gasteiger partial charge in [0, 0.05) is 17.8 Å². The number of hydrogen-bond donors (Lipinski definition) is 1. The Kier molecular flexibility index (Phi) is 3.42. The molecule has 1 N–H and O–H groups in total. The lowest BCUT2D eigenvalue weighted by atomic mass is 10.1. The van der Waals surface area contributed by atoms with E-state index in [-0.39, 0.29) is 16.3 Å². The van der Waals surface area contributed by atoms with E-state index in [9.17, 15) is 9.18 Å². The Morgan fingerprint density at radius 2 is 2.17 bits per heavy atom. The van der Waals surface area contributed by atoms with E-state index in [0.29, 0.717) is 5.57 Å². The van der Waals surface area contributed by atoms with Gasteiger partial charge in [-0.2, -0.15) is 0 Å². The summed E-state index contributed by atoms with van der Waals surface area (Å²) in [7, 11) is 0. The summed E-state index contributed by atoms with van der Waals surface area (Å²) < 4.78 is 13.0. The summed E-state index contributed by atoms with van der Waals surface area (Å²) in [6.45, 7) is 0. The fraction of sp³-hybridized carbons (Fsp3) is 0. The van der Waals surface area contributed by atoms with Crippen LogP contribution in [0, 0.1) is 0 Å². The zero-order chi connectivity index (χ0) is 13.1. The van der Waals surface area contributed by atoms with Crippen LogP contribution < -0.4 is 0 Å². The van der Waals surface area contributed by atoms with Crippen molar-refractivity contribution in [2.24, 2.45) is 0 Å². The number of allylic oxidation sites excluding steroid dienone is 5. The largest absolute Gasteiger partial charge is 0.478 e. The Bertz CT molecular complexity index is 640. The van der Waals surface area contributed by atoms with Crippen molar-refractivity contribution in [2.45, 2.75) is 0 Å². The number of halogens is 2. The van der Waals surface area contributed by atoms with E-state index in [1.165, 1.54) is 36.6 Å². The molecule has 0 amide bonds. The molecule has 1 aliphatic carbocycles. The van der Waals surface area contributed by atoms with Crippen LogP contribution in [0.5, 0.6) is 0 Å². The molecule has 3 nitrogen and oxygen atoms in total. The summed E-state index contributed by atoms with van der Waals surface area (Å²) in [5.41, 5.74) is 3.34. The molecule has 1 aromatic heterocycles. The third-order valence-corrected chi connectivity index (χ3v) is 2.66. The van der Waals surface area contributed by atoms with Gasteiger partial charge in [0.15, 0.2) is 0 Å². The van der Waals surface area contributed by atoms with E-state index in [2.05, 4.69) is 10.7 Å². The zero-order valence-corrected chi connectivity index (χ0v) is 9.78. The molecule has 0 saturated heterocycles. The minimum absolute atomic E-state index is 0.0185. The molecular formula is C13H7ClFNO2. The van der Waals surface area contributed by atoms with Crippen LogP contribution in [-0.4, -0.2) is 16.1 Å². The molecule has 2 rings (SSSR count). The predicted octanol–water partition coefficient (Wildman–Crippen LogP) is 3.39. The highest BCUT2D eigenvalue weighted by molar-refractivity contribution is 6.35. The minimum atomic E-state index is -1.14. The van der Waals surface area contributed by atoms with Crippen LogP contribution in [-0.2, 0) is 0 Å². The first-order chi connectivity index (χ1) is 8.59. The number of nitrogens with zero attached hydrogens (tertiary/aromatic N) is 1. The SMILES string of the molecule is O=C(O)c1ccnc(C2=CC=C(F)C=C=C2)c1Cl. The maximum atomic E-state index is 13.0. The first-order valence-electron chi connectivity index (χ1n) is 4.97. The topological polar surface area (TPSA) is 50.2 Å². The van der Waals surface area contributed by atoms with Crippen LogP contribution in [0.1, 0.15) is 16.1 Å². The minimum Gasteiger partial charge on any atom is -0.478 e. The summed E-state index contributed by atoms with van der Waals surface area (Å²) in [5.74, 6) is -1.59. The third-order valence-electron chi connectivity index (χ3n) is 2.28. The smallest absolute Gasteiger partial charge is 0.337 e. The molecule has 0 aliphatic heterocycles. The summed E-state index contributed by atoms with van der Waals surface area (Å²) >= 11 is 5.97. The number of hydrogen-bond acceptors (Lipinski definition) is 2. The maximum Gasteiger partial charge on any atom is 0.337 e. The van der Waals surface area contributed by atoms with E-state index in [4.69, 9.17) is 16.7 Å². The van der Waals surface area contributed by atoms with E-state index in [1.807, 2.05) is 0 Å². The molecule has 1 heterocycles. The van der Waals surface area contributed by atoms with E-state index < -0.39 is 11.8 Å². The number of carbonyl (C=O) groups is 1. The van der Waals surface area contributed by atoms with Crippen LogP contribution in [0.4, 0.5) is 4.39 Å². The van der Waals surface area contributed by atoms with Crippen molar-refractivity contribution in [2.75, 3.05) is 0 Å². The summed E-state index contributed by atoms with van der Waals surface area (Å²) in [6.07, 6.45) is 6.69. The molecule has 0 unspecified atom stereocenters. The van der Waals surface area contributed by atoms with Crippen molar-refractivity contribution in [3.8, 4) is 0 Å². The van der Waals surface area contributed by atoms with Gasteiger partial charge >= 0.3 is 5.97 Å². The number of carboxylic acid groups (broad SMARTS) is 1. The molecule has 1 aliphatic rings. The second-order valence-corrected chi connectivity index (χ2v) is 3.83. The van der Waals surface area contributed by atoms with Crippen molar-refractivity contribution in [3.63, 3.8) is 0 Å². The molecule has 0 atom stereocenters. The fourth-order valence-electron chi connectivity index (χ4n) is 1.43. The van der Waals surface area contributed by atoms with E-state index >= 15 is 0 Å². The Morgan fingerprint density at radius 3 is 2.89 bits per heavy atom. The Labute approximate surface area is 107 Å². The fourth-order valence-corrected chi connectivity index (χ4v) is 1.74. The molecule has 1 aromatic rings. The van der Waals surface area contributed by atoms with E-state index in [0.717, 1.165) is 0 Å². The second-order valence-electron chi connectivity index (χ2n) is 3.46. The van der Waals surface area contributed by atoms with Gasteiger partial charge in [0.1, 0.15) is 5.83 Å². The Morgan fingerprint density at radius 1 is 1.39 bits per heavy atom. The standard InChI is InChI=1S/C13H7ClFNO2/c14-11-10(13(17)18)6-7-16-12(11)8-2-1-3-9(15)5-4-8/h2-7H,(H,17,18). The first-order valence-corrected chi connectivity index (χ1v) is 5.35. The van der Waals surface area contributed by atoms with Gasteiger partial charge < -0.3 is 5.11 Å². The number of aromatic nitrogens is 1. The van der Waals surface area contributed by atoms with Gasteiger partial charge in [0.25, 0.3) is 0 Å². The molecular weight excluding hydrogens is 257 g/mol. The van der Waals surface area contributed by atoms with Crippen LogP contribution in [0.15, 0.2) is 48.1 Å². The molecule has 90 valence electrons. The summed E-state index contributed by atoms with van der Waals surface area (Å²) in [4.78, 5) is 15.0. The highest BCUT2D eigenvalue weighted by Gasteiger charge is 2.15. The van der Waals surface area contributed by atoms with Crippen molar-refractivity contribution < 1.29 is 14.3 Å². The van der Waals surface area contributed by atoms with Gasteiger partial charge in [0.05, 0.1) is 16.3 Å². The van der Waals surface area contributed by atoms with Crippen molar-refractivity contribution >= 4 is 23.1 Å². The lowest BCUT2D eigenvalue weighted by Crippen LogP contribution is -2.01. The van der Waals surface area contributed by atoms with Gasteiger partial charge in [-0.3, -0.25) is 4.98 Å². The van der Waals surface area contributed by atoms with Gasteiger partial charge in [-0.05, 0) is 24.3 Å². The second kappa shape index (κ2) is 5.00. The maximum absolute atomic E-state index is 13.0. The van der Waals surface area contributed by atoms with Crippen molar-refractivity contribution in [1.29, 1.82) is 0 Å². The van der Waals surface area contributed by atoms with Crippen LogP contribution in [0.3, 0.4) is 0 Å². The highest BCUT2D eigenvalue weighted by atomic mass is 35.5. The molecule has 0 bridgehead atoms. The number of pyridine rings is 1. The molecule has 0 spiro atoms. The van der Waals surface area contributed by atoms with Gasteiger partial charge in [0.2, 0.25) is 0 Å². The molecule has 0 saturated carbocycles. The normalized spacial score (nSPS) is 13.9. The van der Waals surface area contributed by atoms with Gasteiger partial charge in [-0.25, -0.2) is 9.18 Å². The van der Waals surface area contributed by atoms with Crippen LogP contribution in [0.25, 0.3) is 5.57 Å². The van der Waals surface area contributed by atoms with E-state index in [1.54, 1.807) is 0 Å². The average molecular weight is 264 g/mol. The molecule has 18 heavy (non-hydrogen) atoms. The number of carboxylic acids is 1. The number of rotatable bonds is 2. The molecule has 5 heteroatoms. The van der Waals surface area contributed by atoms with Crippen LogP contribution in [0.2, 0.25) is 5.02 Å². The van der Waals surface area contributed by atoms with Gasteiger partial charge in [-0.15, -0.1) is 5.73 Å². The lowest BCUT2D eigenvalue weighted by molar-refractivity contribution is 0.0697. The average Bonchev–Trinajstić information content (AvgIpc) is 2.54. The Hall–Kier alpha value is -2.16. The van der Waals surface area contributed by atoms with Crippen molar-refractivity contribution in [3.05, 3.63) is 64.4 Å². The number of aromatic carboxylic acids is 1. The first kappa shape index (κ1) is 12.3.